The van der Waals surface area contributed by atoms with Crippen molar-refractivity contribution in [1.29, 1.82) is 0 Å². The Bertz CT molecular complexity index is 301. The lowest BCUT2D eigenvalue weighted by atomic mass is 10.3. The van der Waals surface area contributed by atoms with Crippen molar-refractivity contribution in [3.63, 3.8) is 0 Å². The third kappa shape index (κ3) is 5.12. The van der Waals surface area contributed by atoms with Gasteiger partial charge in [-0.2, -0.15) is 0 Å². The lowest BCUT2D eigenvalue weighted by molar-refractivity contribution is -0.137. The van der Waals surface area contributed by atoms with Gasteiger partial charge in [-0.25, -0.2) is 0 Å². The first-order valence-electron chi connectivity index (χ1n) is 4.98. The van der Waals surface area contributed by atoms with Crippen molar-refractivity contribution in [1.82, 2.24) is 9.88 Å². The maximum absolute atomic E-state index is 10.3. The molecule has 4 nitrogen and oxygen atoms in total. The summed E-state index contributed by atoms with van der Waals surface area (Å²) in [4.78, 5) is 16.6. The number of aliphatic carboxylic acids is 1. The number of hydrogen-bond donors (Lipinski definition) is 1. The van der Waals surface area contributed by atoms with E-state index >= 15 is 0 Å². The predicted molar refractivity (Wildman–Crippen MR) is 57.4 cm³/mol. The van der Waals surface area contributed by atoms with Crippen molar-refractivity contribution in [3.05, 3.63) is 30.1 Å². The van der Waals surface area contributed by atoms with Crippen LogP contribution in [0.3, 0.4) is 0 Å². The van der Waals surface area contributed by atoms with Crippen LogP contribution in [-0.2, 0) is 11.3 Å². The van der Waals surface area contributed by atoms with E-state index in [1.54, 1.807) is 6.20 Å². The minimum atomic E-state index is -0.735. The van der Waals surface area contributed by atoms with E-state index in [4.69, 9.17) is 5.11 Å². The third-order valence-electron chi connectivity index (χ3n) is 2.09. The molecule has 82 valence electrons. The van der Waals surface area contributed by atoms with Crippen molar-refractivity contribution in [3.8, 4) is 0 Å². The van der Waals surface area contributed by atoms with Crippen LogP contribution in [0.1, 0.15) is 18.5 Å². The summed E-state index contributed by atoms with van der Waals surface area (Å²) < 4.78 is 0. The van der Waals surface area contributed by atoms with Crippen molar-refractivity contribution in [2.24, 2.45) is 0 Å². The Morgan fingerprint density at radius 3 is 2.93 bits per heavy atom. The molecule has 1 aromatic rings. The molecule has 0 spiro atoms. The number of pyridine rings is 1. The van der Waals surface area contributed by atoms with Gasteiger partial charge in [0.05, 0.1) is 5.69 Å². The molecule has 0 unspecified atom stereocenters. The SMILES string of the molecule is CN(CCCC(=O)O)Cc1ccccn1. The van der Waals surface area contributed by atoms with Gasteiger partial charge in [-0.3, -0.25) is 9.78 Å². The topological polar surface area (TPSA) is 53.4 Å². The predicted octanol–water partition coefficient (Wildman–Crippen LogP) is 1.38. The summed E-state index contributed by atoms with van der Waals surface area (Å²) in [6.07, 6.45) is 2.67. The largest absolute Gasteiger partial charge is 0.481 e. The zero-order valence-electron chi connectivity index (χ0n) is 8.89. The second-order valence-electron chi connectivity index (χ2n) is 3.56. The number of rotatable bonds is 6. The third-order valence-corrected chi connectivity index (χ3v) is 2.09. The zero-order chi connectivity index (χ0) is 11.1. The summed E-state index contributed by atoms with van der Waals surface area (Å²) in [5, 5.41) is 8.49. The van der Waals surface area contributed by atoms with Crippen LogP contribution >= 0.6 is 0 Å². The first kappa shape index (κ1) is 11.7. The standard InChI is InChI=1S/C11H16N2O2/c1-13(8-4-6-11(14)15)9-10-5-2-3-7-12-10/h2-3,5,7H,4,6,8-9H2,1H3,(H,14,15). The Kier molecular flexibility index (Phi) is 4.77. The average molecular weight is 208 g/mol. The lowest BCUT2D eigenvalue weighted by Gasteiger charge is -2.14. The van der Waals surface area contributed by atoms with Gasteiger partial charge >= 0.3 is 5.97 Å². The maximum atomic E-state index is 10.3. The molecule has 0 aliphatic heterocycles. The van der Waals surface area contributed by atoms with E-state index in [9.17, 15) is 4.79 Å². The average Bonchev–Trinajstić information content (AvgIpc) is 2.18. The van der Waals surface area contributed by atoms with E-state index < -0.39 is 5.97 Å². The highest BCUT2D eigenvalue weighted by molar-refractivity contribution is 5.66. The minimum absolute atomic E-state index is 0.229. The van der Waals surface area contributed by atoms with Gasteiger partial charge in [0.25, 0.3) is 0 Å². The summed E-state index contributed by atoms with van der Waals surface area (Å²) >= 11 is 0. The monoisotopic (exact) mass is 208 g/mol. The van der Waals surface area contributed by atoms with Crippen LogP contribution in [0.4, 0.5) is 0 Å². The molecule has 0 saturated heterocycles. The molecule has 1 aromatic heterocycles. The van der Waals surface area contributed by atoms with E-state index in [0.717, 1.165) is 18.8 Å². The molecular formula is C11H16N2O2. The van der Waals surface area contributed by atoms with Crippen molar-refractivity contribution < 1.29 is 9.90 Å². The van der Waals surface area contributed by atoms with E-state index in [1.165, 1.54) is 0 Å². The van der Waals surface area contributed by atoms with E-state index in [1.807, 2.05) is 25.2 Å². The van der Waals surface area contributed by atoms with Crippen LogP contribution in [-0.4, -0.2) is 34.6 Å². The number of carboxylic acids is 1. The van der Waals surface area contributed by atoms with Crippen LogP contribution in [0.2, 0.25) is 0 Å². The van der Waals surface area contributed by atoms with Gasteiger partial charge < -0.3 is 10.0 Å². The molecule has 0 aromatic carbocycles. The van der Waals surface area contributed by atoms with Crippen LogP contribution in [0.15, 0.2) is 24.4 Å². The Hall–Kier alpha value is -1.42. The molecule has 1 rings (SSSR count). The first-order chi connectivity index (χ1) is 7.18. The highest BCUT2D eigenvalue weighted by Crippen LogP contribution is 2.00. The summed E-state index contributed by atoms with van der Waals surface area (Å²) in [7, 11) is 1.97. The van der Waals surface area contributed by atoms with Gasteiger partial charge in [0.1, 0.15) is 0 Å². The van der Waals surface area contributed by atoms with E-state index in [0.29, 0.717) is 6.42 Å². The maximum Gasteiger partial charge on any atom is 0.303 e. The number of nitrogens with zero attached hydrogens (tertiary/aromatic N) is 2. The normalized spacial score (nSPS) is 10.5. The fourth-order valence-corrected chi connectivity index (χ4v) is 1.35. The molecular weight excluding hydrogens is 192 g/mol. The molecule has 1 heterocycles. The van der Waals surface area contributed by atoms with Gasteiger partial charge in [0.2, 0.25) is 0 Å². The minimum Gasteiger partial charge on any atom is -0.481 e. The van der Waals surface area contributed by atoms with Crippen LogP contribution < -0.4 is 0 Å². The van der Waals surface area contributed by atoms with Crippen LogP contribution in [0, 0.1) is 0 Å². The molecule has 1 N–H and O–H groups in total. The summed E-state index contributed by atoms with van der Waals surface area (Å²) in [5.74, 6) is -0.735. The highest BCUT2D eigenvalue weighted by Gasteiger charge is 2.02. The first-order valence-corrected chi connectivity index (χ1v) is 4.98. The molecule has 0 atom stereocenters. The number of hydrogen-bond acceptors (Lipinski definition) is 3. The van der Waals surface area contributed by atoms with Crippen molar-refractivity contribution in [2.45, 2.75) is 19.4 Å². The van der Waals surface area contributed by atoms with Gasteiger partial charge in [0.15, 0.2) is 0 Å². The second kappa shape index (κ2) is 6.14. The van der Waals surface area contributed by atoms with Crippen molar-refractivity contribution in [2.75, 3.05) is 13.6 Å². The molecule has 0 saturated carbocycles. The van der Waals surface area contributed by atoms with Crippen LogP contribution in [0.5, 0.6) is 0 Å². The fraction of sp³-hybridized carbons (Fsp3) is 0.455. The van der Waals surface area contributed by atoms with Gasteiger partial charge in [-0.15, -0.1) is 0 Å². The number of carbonyl (C=O) groups is 1. The van der Waals surface area contributed by atoms with E-state index in [-0.39, 0.29) is 6.42 Å². The molecule has 4 heteroatoms. The molecule has 0 aliphatic carbocycles. The molecule has 0 bridgehead atoms. The zero-order valence-corrected chi connectivity index (χ0v) is 8.89. The van der Waals surface area contributed by atoms with Gasteiger partial charge in [-0.05, 0) is 32.1 Å². The molecule has 15 heavy (non-hydrogen) atoms. The Morgan fingerprint density at radius 1 is 1.53 bits per heavy atom. The highest BCUT2D eigenvalue weighted by atomic mass is 16.4. The van der Waals surface area contributed by atoms with E-state index in [2.05, 4.69) is 9.88 Å². The molecule has 0 fully saturated rings. The lowest BCUT2D eigenvalue weighted by Crippen LogP contribution is -2.20. The molecule has 0 amide bonds. The van der Waals surface area contributed by atoms with Crippen molar-refractivity contribution >= 4 is 5.97 Å². The second-order valence-corrected chi connectivity index (χ2v) is 3.56. The number of carboxylic acid groups (broad SMARTS) is 1. The quantitative estimate of drug-likeness (QED) is 0.767. The Balaban J connectivity index is 2.24. The summed E-state index contributed by atoms with van der Waals surface area (Å²) in [5.41, 5.74) is 1.01. The fourth-order valence-electron chi connectivity index (χ4n) is 1.35. The smallest absolute Gasteiger partial charge is 0.303 e. The van der Waals surface area contributed by atoms with Gasteiger partial charge in [-0.1, -0.05) is 6.07 Å². The molecule has 0 radical (unpaired) electrons. The van der Waals surface area contributed by atoms with Crippen LogP contribution in [0.25, 0.3) is 0 Å². The van der Waals surface area contributed by atoms with Gasteiger partial charge in [0, 0.05) is 19.2 Å². The molecule has 0 aliphatic rings. The summed E-state index contributed by atoms with van der Waals surface area (Å²) in [6, 6.07) is 5.80. The number of aromatic nitrogens is 1. The summed E-state index contributed by atoms with van der Waals surface area (Å²) in [6.45, 7) is 1.54. The Labute approximate surface area is 89.6 Å². The Morgan fingerprint density at radius 2 is 2.33 bits per heavy atom.